The number of benzene rings is 1. The Hall–Kier alpha value is -0.413. The van der Waals surface area contributed by atoms with Crippen molar-refractivity contribution in [3.05, 3.63) is 35.4 Å². The van der Waals surface area contributed by atoms with Gasteiger partial charge in [0.15, 0.2) is 0 Å². The van der Waals surface area contributed by atoms with Gasteiger partial charge in [0.25, 0.3) is 0 Å². The Labute approximate surface area is 143 Å². The second-order valence-electron chi connectivity index (χ2n) is 6.12. The summed E-state index contributed by atoms with van der Waals surface area (Å²) in [4.78, 5) is 0. The van der Waals surface area contributed by atoms with Gasteiger partial charge in [-0.05, 0) is 26.3 Å². The monoisotopic (exact) mass is 356 g/mol. The van der Waals surface area contributed by atoms with E-state index < -0.39 is 15.7 Å². The fourth-order valence-corrected chi connectivity index (χ4v) is 13.5. The highest BCUT2D eigenvalue weighted by Crippen LogP contribution is 2.66. The Kier molecular flexibility index (Phi) is 8.23. The largest absolute Gasteiger partial charge is 0.335 e. The van der Waals surface area contributed by atoms with Gasteiger partial charge in [-0.3, -0.25) is 4.57 Å². The van der Waals surface area contributed by atoms with Crippen LogP contribution in [-0.2, 0) is 13.6 Å². The van der Waals surface area contributed by atoms with Gasteiger partial charge in [-0.2, -0.15) is 0 Å². The molecule has 132 valence electrons. The second-order valence-corrected chi connectivity index (χ2v) is 14.1. The molecule has 1 atom stereocenters. The van der Waals surface area contributed by atoms with E-state index in [4.69, 9.17) is 9.05 Å². The normalized spacial score (nSPS) is 14.0. The lowest BCUT2D eigenvalue weighted by Crippen LogP contribution is -2.40. The molecular formula is C18H33O3PSi. The van der Waals surface area contributed by atoms with E-state index in [0.29, 0.717) is 13.2 Å². The van der Waals surface area contributed by atoms with Crippen LogP contribution in [0.5, 0.6) is 0 Å². The molecule has 0 aliphatic rings. The zero-order valence-corrected chi connectivity index (χ0v) is 17.5. The molecule has 1 aromatic rings. The summed E-state index contributed by atoms with van der Waals surface area (Å²) in [6.45, 7) is 13.4. The third-order valence-electron chi connectivity index (χ3n) is 4.98. The molecule has 23 heavy (non-hydrogen) atoms. The Morgan fingerprint density at radius 2 is 1.52 bits per heavy atom. The molecule has 0 radical (unpaired) electrons. The van der Waals surface area contributed by atoms with E-state index in [1.54, 1.807) is 0 Å². The molecule has 0 spiro atoms. The molecular weight excluding hydrogens is 323 g/mol. The SMILES string of the molecule is CCOP(=O)(OCC)[C@@H](c1cccc(C)c1)[Si](CC)(CC)CC. The predicted octanol–water partition coefficient (Wildman–Crippen LogP) is 6.35. The van der Waals surface area contributed by atoms with Crippen molar-refractivity contribution in [2.75, 3.05) is 13.2 Å². The number of hydrogen-bond acceptors (Lipinski definition) is 3. The summed E-state index contributed by atoms with van der Waals surface area (Å²) in [5.74, 6) is 0. The average molecular weight is 357 g/mol. The molecule has 0 aromatic heterocycles. The zero-order valence-electron chi connectivity index (χ0n) is 15.6. The topological polar surface area (TPSA) is 35.5 Å². The molecule has 1 rings (SSSR count). The molecule has 0 bridgehead atoms. The third kappa shape index (κ3) is 4.57. The van der Waals surface area contributed by atoms with Crippen LogP contribution < -0.4 is 0 Å². The Morgan fingerprint density at radius 3 is 1.91 bits per heavy atom. The van der Waals surface area contributed by atoms with Crippen LogP contribution >= 0.6 is 7.60 Å². The van der Waals surface area contributed by atoms with Crippen LogP contribution in [0.25, 0.3) is 0 Å². The van der Waals surface area contributed by atoms with Gasteiger partial charge in [0, 0.05) is 0 Å². The minimum absolute atomic E-state index is 0.0881. The van der Waals surface area contributed by atoms with E-state index in [2.05, 4.69) is 52.0 Å². The first-order chi connectivity index (χ1) is 10.9. The predicted molar refractivity (Wildman–Crippen MR) is 102 cm³/mol. The zero-order chi connectivity index (χ0) is 17.5. The summed E-state index contributed by atoms with van der Waals surface area (Å²) >= 11 is 0. The van der Waals surface area contributed by atoms with Gasteiger partial charge in [-0.15, -0.1) is 0 Å². The van der Waals surface area contributed by atoms with Crippen molar-refractivity contribution in [2.24, 2.45) is 0 Å². The lowest BCUT2D eigenvalue weighted by Gasteiger charge is -2.40. The molecule has 5 heteroatoms. The fourth-order valence-electron chi connectivity index (χ4n) is 3.59. The lowest BCUT2D eigenvalue weighted by molar-refractivity contribution is 0.217. The summed E-state index contributed by atoms with van der Waals surface area (Å²) in [5.41, 5.74) is 2.32. The average Bonchev–Trinajstić information content (AvgIpc) is 2.53. The molecule has 0 aliphatic carbocycles. The van der Waals surface area contributed by atoms with Crippen LogP contribution in [0.1, 0.15) is 51.0 Å². The van der Waals surface area contributed by atoms with Gasteiger partial charge >= 0.3 is 7.60 Å². The molecule has 0 heterocycles. The minimum atomic E-state index is -3.18. The van der Waals surface area contributed by atoms with E-state index in [1.807, 2.05) is 13.8 Å². The Bertz CT molecular complexity index is 510. The van der Waals surface area contributed by atoms with E-state index in [1.165, 1.54) is 5.56 Å². The van der Waals surface area contributed by atoms with Crippen molar-refractivity contribution in [1.29, 1.82) is 0 Å². The standard InChI is InChI=1S/C18H33O3PSi/c1-7-20-22(19,21-8-2)18(23(9-3,10-4)11-5)17-14-12-13-16(6)15-17/h12-15,18H,7-11H2,1-6H3/t18-/m1/s1. The first-order valence-electron chi connectivity index (χ1n) is 8.88. The Morgan fingerprint density at radius 1 is 1.00 bits per heavy atom. The van der Waals surface area contributed by atoms with Crippen molar-refractivity contribution in [3.8, 4) is 0 Å². The maximum Gasteiger partial charge on any atom is 0.335 e. The van der Waals surface area contributed by atoms with Gasteiger partial charge in [0.1, 0.15) is 0 Å². The van der Waals surface area contributed by atoms with E-state index in [0.717, 1.165) is 23.7 Å². The summed E-state index contributed by atoms with van der Waals surface area (Å²) in [7, 11) is -5.01. The highest BCUT2D eigenvalue weighted by atomic mass is 31.2. The minimum Gasteiger partial charge on any atom is -0.309 e. The van der Waals surface area contributed by atoms with Crippen molar-refractivity contribution < 1.29 is 13.6 Å². The lowest BCUT2D eigenvalue weighted by atomic mass is 10.2. The molecule has 3 nitrogen and oxygen atoms in total. The molecule has 0 fully saturated rings. The summed E-state index contributed by atoms with van der Waals surface area (Å²) in [6.07, 6.45) is 0. The molecule has 1 aromatic carbocycles. The third-order valence-corrected chi connectivity index (χ3v) is 15.5. The van der Waals surface area contributed by atoms with Crippen molar-refractivity contribution in [1.82, 2.24) is 0 Å². The summed E-state index contributed by atoms with van der Waals surface area (Å²) < 4.78 is 25.4. The maximum atomic E-state index is 13.7. The molecule has 0 N–H and O–H groups in total. The second kappa shape index (κ2) is 9.17. The van der Waals surface area contributed by atoms with Crippen LogP contribution in [-0.4, -0.2) is 21.3 Å². The van der Waals surface area contributed by atoms with Crippen molar-refractivity contribution in [3.63, 3.8) is 0 Å². The van der Waals surface area contributed by atoms with E-state index in [-0.39, 0.29) is 5.28 Å². The molecule has 0 unspecified atom stereocenters. The molecule has 0 saturated carbocycles. The first-order valence-corrected chi connectivity index (χ1v) is 13.2. The quantitative estimate of drug-likeness (QED) is 0.362. The number of hydrogen-bond donors (Lipinski definition) is 0. The smallest absolute Gasteiger partial charge is 0.309 e. The first kappa shape index (κ1) is 20.6. The molecule has 0 amide bonds. The summed E-state index contributed by atoms with van der Waals surface area (Å²) in [6, 6.07) is 11.7. The van der Waals surface area contributed by atoms with Crippen LogP contribution in [0.3, 0.4) is 0 Å². The Balaban J connectivity index is 3.55. The highest BCUT2D eigenvalue weighted by molar-refractivity contribution is 7.57. The highest BCUT2D eigenvalue weighted by Gasteiger charge is 2.50. The van der Waals surface area contributed by atoms with Gasteiger partial charge in [0.2, 0.25) is 0 Å². The fraction of sp³-hybridized carbons (Fsp3) is 0.667. The van der Waals surface area contributed by atoms with Gasteiger partial charge in [-0.1, -0.05) is 68.7 Å². The molecule has 0 saturated heterocycles. The van der Waals surface area contributed by atoms with Gasteiger partial charge in [-0.25, -0.2) is 0 Å². The van der Waals surface area contributed by atoms with Crippen molar-refractivity contribution >= 4 is 15.7 Å². The van der Waals surface area contributed by atoms with Crippen LogP contribution in [0.4, 0.5) is 0 Å². The summed E-state index contributed by atoms with van der Waals surface area (Å²) in [5, 5.41) is -0.0881. The van der Waals surface area contributed by atoms with E-state index in [9.17, 15) is 4.57 Å². The van der Waals surface area contributed by atoms with Crippen LogP contribution in [0.2, 0.25) is 18.1 Å². The molecule has 0 aliphatic heterocycles. The van der Waals surface area contributed by atoms with Crippen LogP contribution in [0.15, 0.2) is 24.3 Å². The van der Waals surface area contributed by atoms with Crippen LogP contribution in [0, 0.1) is 6.92 Å². The number of aryl methyl sites for hydroxylation is 1. The van der Waals surface area contributed by atoms with Gasteiger partial charge in [0.05, 0.1) is 26.6 Å². The van der Waals surface area contributed by atoms with Crippen molar-refractivity contribution in [2.45, 2.75) is 65.0 Å². The van der Waals surface area contributed by atoms with E-state index >= 15 is 0 Å². The maximum absolute atomic E-state index is 13.7. The van der Waals surface area contributed by atoms with Gasteiger partial charge < -0.3 is 9.05 Å². The number of rotatable bonds is 10.